The van der Waals surface area contributed by atoms with Gasteiger partial charge in [0.25, 0.3) is 0 Å². The van der Waals surface area contributed by atoms with E-state index in [0.29, 0.717) is 11.3 Å². The minimum absolute atomic E-state index is 0.341. The Hall–Kier alpha value is -3.07. The number of hydrogen-bond acceptors (Lipinski definition) is 3. The third kappa shape index (κ3) is 7.26. The third-order valence-corrected chi connectivity index (χ3v) is 5.53. The molecule has 0 aliphatic heterocycles. The Morgan fingerprint density at radius 2 is 1.25 bits per heavy atom. The van der Waals surface area contributed by atoms with E-state index >= 15 is 0 Å². The molecule has 3 rings (SSSR count). The molecule has 0 saturated heterocycles. The summed E-state index contributed by atoms with van der Waals surface area (Å²) in [6.07, 6.45) is 8.25. The Bertz CT molecular complexity index is 941. The molecule has 3 aromatic rings. The number of rotatable bonds is 12. The highest BCUT2D eigenvalue weighted by Gasteiger charge is 2.09. The van der Waals surface area contributed by atoms with Crippen molar-refractivity contribution >= 4 is 5.97 Å². The maximum absolute atomic E-state index is 12.5. The second kappa shape index (κ2) is 12.7. The monoisotopic (exact) mass is 430 g/mol. The molecule has 0 radical (unpaired) electrons. The summed E-state index contributed by atoms with van der Waals surface area (Å²) in [5.74, 6) is 1.12. The minimum Gasteiger partial charge on any atom is -0.494 e. The number of hydrogen-bond donors (Lipinski definition) is 0. The summed E-state index contributed by atoms with van der Waals surface area (Å²) in [4.78, 5) is 12.5. The van der Waals surface area contributed by atoms with E-state index in [1.807, 2.05) is 72.8 Å². The van der Waals surface area contributed by atoms with Gasteiger partial charge in [-0.25, -0.2) is 4.79 Å². The van der Waals surface area contributed by atoms with Crippen LogP contribution in [0.3, 0.4) is 0 Å². The summed E-state index contributed by atoms with van der Waals surface area (Å²) < 4.78 is 11.3. The van der Waals surface area contributed by atoms with Crippen molar-refractivity contribution in [1.29, 1.82) is 0 Å². The Morgan fingerprint density at radius 3 is 1.88 bits per heavy atom. The average molecular weight is 431 g/mol. The van der Waals surface area contributed by atoms with Crippen molar-refractivity contribution < 1.29 is 14.3 Å². The van der Waals surface area contributed by atoms with Gasteiger partial charge < -0.3 is 9.47 Å². The maximum Gasteiger partial charge on any atom is 0.343 e. The van der Waals surface area contributed by atoms with Crippen molar-refractivity contribution in [2.45, 2.75) is 58.8 Å². The molecule has 0 aliphatic carbocycles. The lowest BCUT2D eigenvalue weighted by Gasteiger charge is -2.08. The molecule has 0 unspecified atom stereocenters. The van der Waals surface area contributed by atoms with Gasteiger partial charge in [-0.1, -0.05) is 75.9 Å². The van der Waals surface area contributed by atoms with E-state index in [0.717, 1.165) is 42.7 Å². The van der Waals surface area contributed by atoms with Crippen LogP contribution in [0.2, 0.25) is 0 Å². The van der Waals surface area contributed by atoms with Crippen LogP contribution in [0.5, 0.6) is 11.5 Å². The third-order valence-electron chi connectivity index (χ3n) is 5.53. The van der Waals surface area contributed by atoms with Crippen molar-refractivity contribution in [3.8, 4) is 22.6 Å². The molecule has 3 heteroatoms. The van der Waals surface area contributed by atoms with Gasteiger partial charge in [-0.15, -0.1) is 0 Å². The molecule has 3 nitrogen and oxygen atoms in total. The first-order chi connectivity index (χ1) is 15.7. The predicted molar refractivity (Wildman–Crippen MR) is 132 cm³/mol. The van der Waals surface area contributed by atoms with Crippen LogP contribution < -0.4 is 9.47 Å². The molecular formula is C29H34O3. The number of ether oxygens (including phenoxy) is 2. The van der Waals surface area contributed by atoms with Gasteiger partial charge in [0, 0.05) is 0 Å². The van der Waals surface area contributed by atoms with Crippen LogP contribution in [0.25, 0.3) is 11.1 Å². The van der Waals surface area contributed by atoms with Crippen molar-refractivity contribution in [2.75, 3.05) is 6.61 Å². The predicted octanol–water partition coefficient (Wildman–Crippen LogP) is 7.87. The fourth-order valence-electron chi connectivity index (χ4n) is 3.52. The molecule has 32 heavy (non-hydrogen) atoms. The van der Waals surface area contributed by atoms with E-state index in [-0.39, 0.29) is 5.97 Å². The SMILES string of the molecule is CCCCCCc1ccc(OC(=O)c2ccc(-c3ccc(OCCCC)cc3)cc2)cc1. The number of carbonyl (C=O) groups is 1. The Kier molecular flexibility index (Phi) is 9.37. The number of unbranched alkanes of at least 4 members (excludes halogenated alkanes) is 4. The second-order valence-corrected chi connectivity index (χ2v) is 8.15. The first kappa shape index (κ1) is 23.6. The first-order valence-electron chi connectivity index (χ1n) is 11.8. The average Bonchev–Trinajstić information content (AvgIpc) is 2.83. The van der Waals surface area contributed by atoms with E-state index in [1.54, 1.807) is 0 Å². The van der Waals surface area contributed by atoms with Gasteiger partial charge in [-0.2, -0.15) is 0 Å². The molecule has 168 valence electrons. The molecule has 3 aromatic carbocycles. The molecule has 0 heterocycles. The van der Waals surface area contributed by atoms with Gasteiger partial charge in [0.15, 0.2) is 0 Å². The zero-order chi connectivity index (χ0) is 22.6. The van der Waals surface area contributed by atoms with Crippen LogP contribution in [-0.4, -0.2) is 12.6 Å². The lowest BCUT2D eigenvalue weighted by atomic mass is 10.0. The highest BCUT2D eigenvalue weighted by Crippen LogP contribution is 2.24. The van der Waals surface area contributed by atoms with Gasteiger partial charge in [0.1, 0.15) is 11.5 Å². The minimum atomic E-state index is -0.341. The molecule has 0 fully saturated rings. The van der Waals surface area contributed by atoms with Crippen LogP contribution in [0, 0.1) is 0 Å². The largest absolute Gasteiger partial charge is 0.494 e. The topological polar surface area (TPSA) is 35.5 Å². The van der Waals surface area contributed by atoms with Crippen LogP contribution in [0.1, 0.15) is 68.3 Å². The lowest BCUT2D eigenvalue weighted by Crippen LogP contribution is -2.08. The second-order valence-electron chi connectivity index (χ2n) is 8.15. The maximum atomic E-state index is 12.5. The number of esters is 1. The fraction of sp³-hybridized carbons (Fsp3) is 0.345. The Labute approximate surface area is 192 Å². The molecule has 0 spiro atoms. The molecule has 0 bridgehead atoms. The molecule has 0 atom stereocenters. The standard InChI is InChI=1S/C29H34O3/c1-3-5-7-8-9-23-10-18-28(19-11-23)32-29(30)26-14-12-24(13-15-26)25-16-20-27(21-17-25)31-22-6-4-2/h10-21H,3-9,22H2,1-2H3. The van der Waals surface area contributed by atoms with E-state index in [1.165, 1.54) is 31.2 Å². The quantitative estimate of drug-likeness (QED) is 0.167. The summed E-state index contributed by atoms with van der Waals surface area (Å²) in [7, 11) is 0. The molecule has 0 N–H and O–H groups in total. The van der Waals surface area contributed by atoms with Crippen molar-refractivity contribution in [1.82, 2.24) is 0 Å². The smallest absolute Gasteiger partial charge is 0.343 e. The summed E-state index contributed by atoms with van der Waals surface area (Å²) in [5, 5.41) is 0. The highest BCUT2D eigenvalue weighted by atomic mass is 16.5. The van der Waals surface area contributed by atoms with E-state index in [9.17, 15) is 4.79 Å². The van der Waals surface area contributed by atoms with Crippen LogP contribution in [-0.2, 0) is 6.42 Å². The van der Waals surface area contributed by atoms with Gasteiger partial charge in [0.05, 0.1) is 12.2 Å². The van der Waals surface area contributed by atoms with Crippen molar-refractivity contribution in [2.24, 2.45) is 0 Å². The van der Waals surface area contributed by atoms with Crippen molar-refractivity contribution in [3.63, 3.8) is 0 Å². The van der Waals surface area contributed by atoms with Crippen LogP contribution >= 0.6 is 0 Å². The van der Waals surface area contributed by atoms with Gasteiger partial charge in [-0.05, 0) is 72.4 Å². The van der Waals surface area contributed by atoms with E-state index in [2.05, 4.69) is 13.8 Å². The van der Waals surface area contributed by atoms with Crippen molar-refractivity contribution in [3.05, 3.63) is 83.9 Å². The van der Waals surface area contributed by atoms with Crippen LogP contribution in [0.15, 0.2) is 72.8 Å². The Balaban J connectivity index is 1.53. The summed E-state index contributed by atoms with van der Waals surface area (Å²) >= 11 is 0. The highest BCUT2D eigenvalue weighted by molar-refractivity contribution is 5.91. The zero-order valence-corrected chi connectivity index (χ0v) is 19.3. The summed E-state index contributed by atoms with van der Waals surface area (Å²) in [6.45, 7) is 5.12. The summed E-state index contributed by atoms with van der Waals surface area (Å²) in [6, 6.07) is 23.4. The zero-order valence-electron chi connectivity index (χ0n) is 19.3. The Morgan fingerprint density at radius 1 is 0.656 bits per heavy atom. The number of benzene rings is 3. The number of aryl methyl sites for hydroxylation is 1. The molecular weight excluding hydrogens is 396 g/mol. The molecule has 0 amide bonds. The van der Waals surface area contributed by atoms with Gasteiger partial charge in [-0.3, -0.25) is 0 Å². The first-order valence-corrected chi connectivity index (χ1v) is 11.8. The summed E-state index contributed by atoms with van der Waals surface area (Å²) in [5.41, 5.74) is 3.96. The number of carbonyl (C=O) groups excluding carboxylic acids is 1. The van der Waals surface area contributed by atoms with E-state index in [4.69, 9.17) is 9.47 Å². The molecule has 0 aliphatic rings. The van der Waals surface area contributed by atoms with Gasteiger partial charge in [0.2, 0.25) is 0 Å². The molecule has 0 saturated carbocycles. The molecule has 0 aromatic heterocycles. The normalized spacial score (nSPS) is 10.7. The fourth-order valence-corrected chi connectivity index (χ4v) is 3.52. The lowest BCUT2D eigenvalue weighted by molar-refractivity contribution is 0.0734. The van der Waals surface area contributed by atoms with Crippen LogP contribution in [0.4, 0.5) is 0 Å². The van der Waals surface area contributed by atoms with Gasteiger partial charge >= 0.3 is 5.97 Å². The van der Waals surface area contributed by atoms with E-state index < -0.39 is 0 Å².